The smallest absolute Gasteiger partial charge is 0.254 e. The molecule has 6 nitrogen and oxygen atoms in total. The molecule has 0 bridgehead atoms. The van der Waals surface area contributed by atoms with Gasteiger partial charge in [0.25, 0.3) is 5.91 Å². The third kappa shape index (κ3) is 5.00. The van der Waals surface area contributed by atoms with Crippen LogP contribution in [0.3, 0.4) is 0 Å². The molecule has 2 aromatic carbocycles. The van der Waals surface area contributed by atoms with Gasteiger partial charge in [0.2, 0.25) is 5.95 Å². The molecule has 1 aromatic heterocycles. The Balaban J connectivity index is 1.54. The van der Waals surface area contributed by atoms with Gasteiger partial charge in [0, 0.05) is 25.0 Å². The van der Waals surface area contributed by atoms with Crippen LogP contribution in [0.25, 0.3) is 0 Å². The minimum Gasteiger partial charge on any atom is -0.497 e. The van der Waals surface area contributed by atoms with Crippen molar-refractivity contribution in [3.8, 4) is 5.75 Å². The summed E-state index contributed by atoms with van der Waals surface area (Å²) in [6, 6.07) is 10.7. The molecule has 3 aromatic rings. The number of carbonyl (C=O) groups is 1. The van der Waals surface area contributed by atoms with Gasteiger partial charge < -0.3 is 15.4 Å². The third-order valence-electron chi connectivity index (χ3n) is 3.93. The summed E-state index contributed by atoms with van der Waals surface area (Å²) in [6.45, 7) is 0.437. The van der Waals surface area contributed by atoms with Crippen LogP contribution < -0.4 is 15.4 Å². The van der Waals surface area contributed by atoms with Gasteiger partial charge in [0.05, 0.1) is 18.4 Å². The highest BCUT2D eigenvalue weighted by molar-refractivity contribution is 5.93. The van der Waals surface area contributed by atoms with Gasteiger partial charge in [0.1, 0.15) is 17.4 Å². The lowest BCUT2D eigenvalue weighted by Gasteiger charge is -2.08. The summed E-state index contributed by atoms with van der Waals surface area (Å²) in [5.41, 5.74) is 1.35. The molecule has 0 unspecified atom stereocenters. The Morgan fingerprint density at radius 3 is 2.61 bits per heavy atom. The monoisotopic (exact) mass is 384 g/mol. The van der Waals surface area contributed by atoms with Crippen LogP contribution in [-0.2, 0) is 6.42 Å². The fourth-order valence-corrected chi connectivity index (χ4v) is 2.47. The SMILES string of the molecule is COc1cccc(CCNC(=O)c2cnc(Nc3ccc(F)cc3F)nc2)c1. The van der Waals surface area contributed by atoms with Gasteiger partial charge in [-0.3, -0.25) is 4.79 Å². The predicted molar refractivity (Wildman–Crippen MR) is 101 cm³/mol. The average molecular weight is 384 g/mol. The van der Waals surface area contributed by atoms with Crippen LogP contribution in [0.1, 0.15) is 15.9 Å². The molecule has 0 radical (unpaired) electrons. The summed E-state index contributed by atoms with van der Waals surface area (Å²) in [5.74, 6) is -0.897. The first-order chi connectivity index (χ1) is 13.5. The number of aromatic nitrogens is 2. The molecule has 3 rings (SSSR count). The van der Waals surface area contributed by atoms with Gasteiger partial charge >= 0.3 is 0 Å². The average Bonchev–Trinajstić information content (AvgIpc) is 2.71. The molecular formula is C20H18F2N4O2. The highest BCUT2D eigenvalue weighted by Crippen LogP contribution is 2.18. The van der Waals surface area contributed by atoms with Crippen molar-refractivity contribution in [2.24, 2.45) is 0 Å². The number of carbonyl (C=O) groups excluding carboxylic acids is 1. The van der Waals surface area contributed by atoms with Gasteiger partial charge in [-0.2, -0.15) is 0 Å². The number of amides is 1. The standard InChI is InChI=1S/C20H18F2N4O2/c1-28-16-4-2-3-13(9-16)7-8-23-19(27)14-11-24-20(25-12-14)26-18-6-5-15(21)10-17(18)22/h2-6,9-12H,7-8H2,1H3,(H,23,27)(H,24,25,26). The van der Waals surface area contributed by atoms with Crippen molar-refractivity contribution in [1.82, 2.24) is 15.3 Å². The van der Waals surface area contributed by atoms with Crippen molar-refractivity contribution < 1.29 is 18.3 Å². The van der Waals surface area contributed by atoms with Crippen molar-refractivity contribution >= 4 is 17.5 Å². The first-order valence-corrected chi connectivity index (χ1v) is 8.50. The van der Waals surface area contributed by atoms with Crippen molar-refractivity contribution in [3.63, 3.8) is 0 Å². The maximum absolute atomic E-state index is 13.6. The molecule has 0 spiro atoms. The summed E-state index contributed by atoms with van der Waals surface area (Å²) in [5, 5.41) is 5.42. The Morgan fingerprint density at radius 2 is 1.89 bits per heavy atom. The van der Waals surface area contributed by atoms with Crippen LogP contribution in [-0.4, -0.2) is 29.5 Å². The molecule has 8 heteroatoms. The normalized spacial score (nSPS) is 10.4. The minimum atomic E-state index is -0.761. The Bertz CT molecular complexity index is 965. The summed E-state index contributed by atoms with van der Waals surface area (Å²) in [4.78, 5) is 20.2. The summed E-state index contributed by atoms with van der Waals surface area (Å²) >= 11 is 0. The topological polar surface area (TPSA) is 76.1 Å². The van der Waals surface area contributed by atoms with Gasteiger partial charge in [-0.05, 0) is 36.2 Å². The zero-order valence-electron chi connectivity index (χ0n) is 15.1. The molecule has 0 saturated heterocycles. The first kappa shape index (κ1) is 19.2. The number of methoxy groups -OCH3 is 1. The molecule has 0 aliphatic rings. The Labute approximate surface area is 160 Å². The molecule has 0 atom stereocenters. The van der Waals surface area contributed by atoms with Crippen molar-refractivity contribution in [1.29, 1.82) is 0 Å². The van der Waals surface area contributed by atoms with Crippen LogP contribution in [0.4, 0.5) is 20.4 Å². The molecule has 0 fully saturated rings. The lowest BCUT2D eigenvalue weighted by Crippen LogP contribution is -2.26. The molecule has 0 aliphatic heterocycles. The van der Waals surface area contributed by atoms with E-state index in [1.165, 1.54) is 18.5 Å². The van der Waals surface area contributed by atoms with Gasteiger partial charge in [-0.1, -0.05) is 12.1 Å². The Kier molecular flexibility index (Phi) is 6.11. The number of hydrogen-bond acceptors (Lipinski definition) is 5. The lowest BCUT2D eigenvalue weighted by molar-refractivity contribution is 0.0953. The van der Waals surface area contributed by atoms with Crippen molar-refractivity contribution in [3.05, 3.63) is 77.6 Å². The lowest BCUT2D eigenvalue weighted by atomic mass is 10.1. The largest absolute Gasteiger partial charge is 0.497 e. The van der Waals surface area contributed by atoms with Gasteiger partial charge in [-0.15, -0.1) is 0 Å². The number of rotatable bonds is 7. The van der Waals surface area contributed by atoms with E-state index in [4.69, 9.17) is 4.74 Å². The van der Waals surface area contributed by atoms with Gasteiger partial charge in [0.15, 0.2) is 0 Å². The maximum atomic E-state index is 13.6. The number of nitrogens with zero attached hydrogens (tertiary/aromatic N) is 2. The first-order valence-electron chi connectivity index (χ1n) is 8.50. The second-order valence-electron chi connectivity index (χ2n) is 5.90. The van der Waals surface area contributed by atoms with E-state index in [1.54, 1.807) is 7.11 Å². The molecule has 1 heterocycles. The quantitative estimate of drug-likeness (QED) is 0.652. The number of ether oxygens (including phenoxy) is 1. The minimum absolute atomic E-state index is 0.0388. The fourth-order valence-electron chi connectivity index (χ4n) is 2.47. The maximum Gasteiger partial charge on any atom is 0.254 e. The zero-order valence-corrected chi connectivity index (χ0v) is 15.1. The van der Waals surface area contributed by atoms with E-state index in [9.17, 15) is 13.6 Å². The van der Waals surface area contributed by atoms with Crippen LogP contribution in [0.15, 0.2) is 54.9 Å². The second-order valence-corrected chi connectivity index (χ2v) is 5.90. The molecule has 1 amide bonds. The van der Waals surface area contributed by atoms with Gasteiger partial charge in [-0.25, -0.2) is 18.7 Å². The Morgan fingerprint density at radius 1 is 1.11 bits per heavy atom. The van der Waals surface area contributed by atoms with Crippen LogP contribution in [0.5, 0.6) is 5.75 Å². The van der Waals surface area contributed by atoms with E-state index >= 15 is 0 Å². The van der Waals surface area contributed by atoms with Crippen LogP contribution in [0.2, 0.25) is 0 Å². The molecular weight excluding hydrogens is 366 g/mol. The predicted octanol–water partition coefficient (Wildman–Crippen LogP) is 3.48. The van der Waals surface area contributed by atoms with Crippen LogP contribution >= 0.6 is 0 Å². The van der Waals surface area contributed by atoms with E-state index in [1.807, 2.05) is 24.3 Å². The second kappa shape index (κ2) is 8.90. The molecule has 0 saturated carbocycles. The van der Waals surface area contributed by atoms with Crippen molar-refractivity contribution in [2.45, 2.75) is 6.42 Å². The van der Waals surface area contributed by atoms with Crippen molar-refractivity contribution in [2.75, 3.05) is 19.0 Å². The van der Waals surface area contributed by atoms with E-state index in [-0.39, 0.29) is 23.1 Å². The highest BCUT2D eigenvalue weighted by atomic mass is 19.1. The number of nitrogens with one attached hydrogen (secondary N) is 2. The number of anilines is 2. The number of hydrogen-bond donors (Lipinski definition) is 2. The summed E-state index contributed by atoms with van der Waals surface area (Å²) < 4.78 is 31.7. The third-order valence-corrected chi connectivity index (χ3v) is 3.93. The zero-order chi connectivity index (χ0) is 19.9. The summed E-state index contributed by atoms with van der Waals surface area (Å²) in [7, 11) is 1.60. The highest BCUT2D eigenvalue weighted by Gasteiger charge is 2.09. The molecule has 2 N–H and O–H groups in total. The van der Waals surface area contributed by atoms with Crippen LogP contribution in [0, 0.1) is 11.6 Å². The number of halogens is 2. The molecule has 28 heavy (non-hydrogen) atoms. The number of benzene rings is 2. The van der Waals surface area contributed by atoms with E-state index < -0.39 is 11.6 Å². The van der Waals surface area contributed by atoms with E-state index in [0.29, 0.717) is 13.0 Å². The van der Waals surface area contributed by atoms with E-state index in [0.717, 1.165) is 23.4 Å². The molecule has 0 aliphatic carbocycles. The Hall–Kier alpha value is -3.55. The molecule has 144 valence electrons. The van der Waals surface area contributed by atoms with E-state index in [2.05, 4.69) is 20.6 Å². The fraction of sp³-hybridized carbons (Fsp3) is 0.150. The summed E-state index contributed by atoms with van der Waals surface area (Å²) in [6.07, 6.45) is 3.31.